The lowest BCUT2D eigenvalue weighted by atomic mass is 9.96. The largest absolute Gasteiger partial charge is 0.447 e. The van der Waals surface area contributed by atoms with Crippen LogP contribution in [0.4, 0.5) is 4.79 Å². The van der Waals surface area contributed by atoms with E-state index in [1.54, 1.807) is 6.92 Å². The molecule has 150 valence electrons. The molecular formula is C19H27NO7. The first-order chi connectivity index (χ1) is 13.0. The number of rotatable bonds is 10. The molecule has 0 unspecified atom stereocenters. The van der Waals surface area contributed by atoms with Crippen LogP contribution in [0.15, 0.2) is 30.3 Å². The molecule has 27 heavy (non-hydrogen) atoms. The summed E-state index contributed by atoms with van der Waals surface area (Å²) >= 11 is 0. The van der Waals surface area contributed by atoms with Crippen LogP contribution >= 0.6 is 0 Å². The van der Waals surface area contributed by atoms with Crippen molar-refractivity contribution in [2.75, 3.05) is 34.2 Å². The van der Waals surface area contributed by atoms with Crippen molar-refractivity contribution in [3.63, 3.8) is 0 Å². The number of ether oxygens (including phenoxy) is 4. The van der Waals surface area contributed by atoms with Crippen LogP contribution in [0, 0.1) is 5.92 Å². The Balaban J connectivity index is 2.16. The van der Waals surface area contributed by atoms with Crippen molar-refractivity contribution in [1.82, 2.24) is 4.90 Å². The van der Waals surface area contributed by atoms with Crippen LogP contribution in [0.25, 0.3) is 0 Å². The highest BCUT2D eigenvalue weighted by Gasteiger charge is 2.43. The van der Waals surface area contributed by atoms with Crippen LogP contribution in [0.5, 0.6) is 0 Å². The molecule has 1 aromatic carbocycles. The Kier molecular flexibility index (Phi) is 8.18. The standard InChI is InChI=1S/C19H27NO7/c1-13(17(27-12-24-2)16(10-21)25-3)18(22)20-15(11-26-19(20)23)9-14-7-5-4-6-8-14/h4-8,13,15-17,21H,9-12H2,1-3H3/t13-,15-,16-,17-/m0/s1. The van der Waals surface area contributed by atoms with E-state index in [1.807, 2.05) is 30.3 Å². The smallest absolute Gasteiger partial charge is 0.416 e. The molecule has 1 aliphatic heterocycles. The van der Waals surface area contributed by atoms with Gasteiger partial charge in [-0.25, -0.2) is 9.69 Å². The van der Waals surface area contributed by atoms with Gasteiger partial charge in [0.1, 0.15) is 25.6 Å². The van der Waals surface area contributed by atoms with E-state index in [0.717, 1.165) is 10.5 Å². The van der Waals surface area contributed by atoms with Gasteiger partial charge in [0.25, 0.3) is 0 Å². The summed E-state index contributed by atoms with van der Waals surface area (Å²) in [5, 5.41) is 9.53. The number of methoxy groups -OCH3 is 2. The summed E-state index contributed by atoms with van der Waals surface area (Å²) in [5.74, 6) is -1.18. The molecule has 1 aromatic rings. The predicted molar refractivity (Wildman–Crippen MR) is 95.9 cm³/mol. The lowest BCUT2D eigenvalue weighted by Crippen LogP contribution is -2.50. The average Bonchev–Trinajstić information content (AvgIpc) is 3.05. The first-order valence-corrected chi connectivity index (χ1v) is 8.81. The van der Waals surface area contributed by atoms with Gasteiger partial charge in [-0.2, -0.15) is 0 Å². The SMILES string of the molecule is COCO[C@H]([C@H](CO)OC)[C@H](C)C(=O)N1C(=O)OC[C@@H]1Cc1ccccc1. The zero-order chi connectivity index (χ0) is 19.8. The molecule has 0 bridgehead atoms. The van der Waals surface area contributed by atoms with Crippen molar-refractivity contribution < 1.29 is 33.6 Å². The van der Waals surface area contributed by atoms with E-state index in [9.17, 15) is 14.7 Å². The highest BCUT2D eigenvalue weighted by Crippen LogP contribution is 2.24. The molecule has 0 saturated carbocycles. The number of hydrogen-bond acceptors (Lipinski definition) is 7. The highest BCUT2D eigenvalue weighted by atomic mass is 16.7. The number of amides is 2. The van der Waals surface area contributed by atoms with Gasteiger partial charge in [-0.05, 0) is 12.0 Å². The molecule has 1 saturated heterocycles. The lowest BCUT2D eigenvalue weighted by molar-refractivity contribution is -0.163. The number of carbonyl (C=O) groups is 2. The molecule has 2 amide bonds. The van der Waals surface area contributed by atoms with Gasteiger partial charge in [0.2, 0.25) is 5.91 Å². The summed E-state index contributed by atoms with van der Waals surface area (Å²) in [4.78, 5) is 26.4. The Morgan fingerprint density at radius 1 is 1.33 bits per heavy atom. The van der Waals surface area contributed by atoms with Crippen molar-refractivity contribution in [3.05, 3.63) is 35.9 Å². The summed E-state index contributed by atoms with van der Waals surface area (Å²) in [7, 11) is 2.88. The Labute approximate surface area is 159 Å². The molecular weight excluding hydrogens is 354 g/mol. The molecule has 1 aliphatic rings. The predicted octanol–water partition coefficient (Wildman–Crippen LogP) is 1.21. The van der Waals surface area contributed by atoms with Gasteiger partial charge in [-0.15, -0.1) is 0 Å². The quantitative estimate of drug-likeness (QED) is 0.609. The number of aliphatic hydroxyl groups is 1. The van der Waals surface area contributed by atoms with Gasteiger partial charge in [-0.3, -0.25) is 4.79 Å². The molecule has 1 heterocycles. The molecule has 8 heteroatoms. The van der Waals surface area contributed by atoms with Crippen molar-refractivity contribution >= 4 is 12.0 Å². The van der Waals surface area contributed by atoms with Gasteiger partial charge < -0.3 is 24.1 Å². The molecule has 8 nitrogen and oxygen atoms in total. The monoisotopic (exact) mass is 381 g/mol. The van der Waals surface area contributed by atoms with E-state index in [-0.39, 0.29) is 20.0 Å². The van der Waals surface area contributed by atoms with Crippen LogP contribution in [0.1, 0.15) is 12.5 Å². The molecule has 0 aliphatic carbocycles. The summed E-state index contributed by atoms with van der Waals surface area (Å²) in [6, 6.07) is 9.19. The van der Waals surface area contributed by atoms with Crippen molar-refractivity contribution in [2.45, 2.75) is 31.6 Å². The fourth-order valence-electron chi connectivity index (χ4n) is 3.16. The van der Waals surface area contributed by atoms with E-state index < -0.39 is 36.2 Å². The second-order valence-electron chi connectivity index (χ2n) is 6.41. The normalized spacial score (nSPS) is 20.2. The number of hydrogen-bond donors (Lipinski definition) is 1. The van der Waals surface area contributed by atoms with Crippen molar-refractivity contribution in [2.24, 2.45) is 5.92 Å². The van der Waals surface area contributed by atoms with Crippen LogP contribution in [-0.2, 0) is 30.2 Å². The lowest BCUT2D eigenvalue weighted by Gasteiger charge is -2.31. The third kappa shape index (κ3) is 5.26. The number of carbonyl (C=O) groups excluding carboxylic acids is 2. The van der Waals surface area contributed by atoms with Crippen LogP contribution < -0.4 is 0 Å². The Hall–Kier alpha value is -2.00. The van der Waals surface area contributed by atoms with E-state index in [2.05, 4.69) is 0 Å². The summed E-state index contributed by atoms with van der Waals surface area (Å²) in [6.07, 6.45) is -1.68. The maximum atomic E-state index is 13.1. The van der Waals surface area contributed by atoms with Gasteiger partial charge in [0, 0.05) is 14.2 Å². The maximum absolute atomic E-state index is 13.1. The summed E-state index contributed by atoms with van der Waals surface area (Å²) in [5.41, 5.74) is 1.00. The van der Waals surface area contributed by atoms with Gasteiger partial charge in [-0.1, -0.05) is 37.3 Å². The third-order valence-corrected chi connectivity index (χ3v) is 4.62. The van der Waals surface area contributed by atoms with E-state index >= 15 is 0 Å². The minimum absolute atomic E-state index is 0.0694. The average molecular weight is 381 g/mol. The summed E-state index contributed by atoms with van der Waals surface area (Å²) < 4.78 is 20.8. The fraction of sp³-hybridized carbons (Fsp3) is 0.579. The molecule has 1 fully saturated rings. The van der Waals surface area contributed by atoms with Crippen molar-refractivity contribution in [1.29, 1.82) is 0 Å². The van der Waals surface area contributed by atoms with E-state index in [1.165, 1.54) is 14.2 Å². The fourth-order valence-corrected chi connectivity index (χ4v) is 3.16. The van der Waals surface area contributed by atoms with Gasteiger partial charge >= 0.3 is 6.09 Å². The maximum Gasteiger partial charge on any atom is 0.416 e. The number of nitrogens with zero attached hydrogens (tertiary/aromatic N) is 1. The number of cyclic esters (lactones) is 1. The number of benzene rings is 1. The van der Waals surface area contributed by atoms with E-state index in [4.69, 9.17) is 18.9 Å². The zero-order valence-corrected chi connectivity index (χ0v) is 15.9. The van der Waals surface area contributed by atoms with E-state index in [0.29, 0.717) is 6.42 Å². The van der Waals surface area contributed by atoms with Crippen molar-refractivity contribution in [3.8, 4) is 0 Å². The second-order valence-corrected chi connectivity index (χ2v) is 6.41. The second kappa shape index (κ2) is 10.4. The number of imide groups is 1. The molecule has 0 radical (unpaired) electrons. The molecule has 0 aromatic heterocycles. The minimum Gasteiger partial charge on any atom is -0.447 e. The minimum atomic E-state index is -0.779. The first-order valence-electron chi connectivity index (χ1n) is 8.81. The first kappa shape index (κ1) is 21.3. The molecule has 0 spiro atoms. The van der Waals surface area contributed by atoms with Crippen LogP contribution in [-0.4, -0.2) is 74.5 Å². The van der Waals surface area contributed by atoms with Gasteiger partial charge in [0.15, 0.2) is 0 Å². The van der Waals surface area contributed by atoms with Crippen LogP contribution in [0.3, 0.4) is 0 Å². The summed E-state index contributed by atoms with van der Waals surface area (Å²) in [6.45, 7) is 1.37. The zero-order valence-electron chi connectivity index (χ0n) is 15.9. The highest BCUT2D eigenvalue weighted by molar-refractivity contribution is 5.95. The molecule has 4 atom stereocenters. The Bertz CT molecular complexity index is 605. The number of aliphatic hydroxyl groups excluding tert-OH is 1. The Morgan fingerprint density at radius 3 is 2.63 bits per heavy atom. The molecule has 1 N–H and O–H groups in total. The molecule has 2 rings (SSSR count). The topological polar surface area (TPSA) is 94.5 Å². The van der Waals surface area contributed by atoms with Gasteiger partial charge in [0.05, 0.1) is 18.6 Å². The van der Waals surface area contributed by atoms with Crippen LogP contribution in [0.2, 0.25) is 0 Å². The third-order valence-electron chi connectivity index (χ3n) is 4.62. The Morgan fingerprint density at radius 2 is 2.04 bits per heavy atom.